The standard InChI is InChI=1S/C19H32O2.C17H21NO6.2C16H22O6.C16H26O4.C13H24O2.C12H18O6/c1-6-17(2,3)16(20)21-18(4,5)19-10-13-7-14(11-19)9-15(8-13)12-19;1-4-16(2,3)14(20)22-7-11(19)23-12-9-5-10-13(12)24-15(21)17(10,6-9)8-18;2*1-4-16(2,3)15(19)20-7-11(17)21-12-8-5-9-10(6-8)14(18)22-13(9)12;1-4-13(2,3)12(17)20-16-7-11-5-14(18,9-16)8-15(19,6-11)10-16;1-5-12(3,4)11(14)15-13(6-2)9-7-8-10-13;1-4-12(2,3)11(15)17-7-9(13)18-8-5-6-16-10(8)14/h13-15H,6-12H2,1-5H3;9-10,12-13H,4-7H2,1-3H3;2*8-10,12-13H,4-7H2,1-3H3;11,18-19H,4-10H2,1-3H3;5-10H2,1-4H3;8H,4-7H2,1-3H3. The van der Waals surface area contributed by atoms with Gasteiger partial charge in [0.15, 0.2) is 31.8 Å². The molecule has 0 amide bonds. The lowest BCUT2D eigenvalue weighted by Gasteiger charge is -2.62. The number of hydrogen-bond donors (Lipinski definition) is 2. The van der Waals surface area contributed by atoms with Crippen molar-refractivity contribution in [3.8, 4) is 6.07 Å². The number of rotatable bonds is 31. The number of nitrogens with zero attached hydrogens (tertiary/aromatic N) is 1. The fourth-order valence-electron chi connectivity index (χ4n) is 24.9. The van der Waals surface area contributed by atoms with Crippen molar-refractivity contribution in [2.24, 2.45) is 120 Å². The molecule has 19 rings (SSSR count). The Morgan fingerprint density at radius 3 is 1.12 bits per heavy atom. The van der Waals surface area contributed by atoms with E-state index in [4.69, 9.17) is 66.3 Å². The predicted molar refractivity (Wildman–Crippen MR) is 509 cm³/mol. The van der Waals surface area contributed by atoms with Crippen LogP contribution in [0.3, 0.4) is 0 Å². The van der Waals surface area contributed by atoms with Crippen molar-refractivity contribution in [1.29, 1.82) is 5.26 Å². The highest BCUT2D eigenvalue weighted by Crippen LogP contribution is 2.67. The van der Waals surface area contributed by atoms with Crippen molar-refractivity contribution >= 4 is 89.5 Å². The molecule has 15 saturated carbocycles. The van der Waals surface area contributed by atoms with Crippen molar-refractivity contribution in [3.63, 3.8) is 0 Å². The summed E-state index contributed by atoms with van der Waals surface area (Å²) in [7, 11) is 0. The zero-order chi connectivity index (χ0) is 105. The maximum atomic E-state index is 12.6. The topological polar surface area (TPSA) is 459 Å². The number of cyclic esters (lactones) is 1. The molecule has 0 spiro atoms. The summed E-state index contributed by atoms with van der Waals surface area (Å²) in [5.74, 6) is -2.42. The molecule has 4 saturated heterocycles. The van der Waals surface area contributed by atoms with Gasteiger partial charge in [-0.15, -0.1) is 0 Å². The lowest BCUT2D eigenvalue weighted by molar-refractivity contribution is -0.264. The van der Waals surface area contributed by atoms with Crippen molar-refractivity contribution in [3.05, 3.63) is 0 Å². The summed E-state index contributed by atoms with van der Waals surface area (Å²) in [6.45, 7) is 44.4. The third-order valence-electron chi connectivity index (χ3n) is 36.3. The normalized spacial score (nSPS) is 33.9. The Kier molecular flexibility index (Phi) is 34.8. The highest BCUT2D eigenvalue weighted by molar-refractivity contribution is 5.87. The average molecular weight is 2000 g/mol. The Morgan fingerprint density at radius 1 is 0.394 bits per heavy atom. The highest BCUT2D eigenvalue weighted by Gasteiger charge is 2.73. The fraction of sp³-hybridized carbons (Fsp3) is 0.853. The maximum absolute atomic E-state index is 12.6. The van der Waals surface area contributed by atoms with Gasteiger partial charge in [-0.1, -0.05) is 55.4 Å². The summed E-state index contributed by atoms with van der Waals surface area (Å²) < 4.78 is 79.4. The van der Waals surface area contributed by atoms with Crippen LogP contribution in [0.1, 0.15) is 365 Å². The first-order valence-electron chi connectivity index (χ1n) is 52.8. The Hall–Kier alpha value is -8.54. The lowest BCUT2D eigenvalue weighted by atomic mass is 9.46. The molecule has 2 N–H and O–H groups in total. The molecule has 18 atom stereocenters. The SMILES string of the molecule is CCC(C)(C)C(=O)OC(C)(C)C12CC3CC(CC(C3)C1)C2.CCC(C)(C)C(=O)OC12CC3CC(O)(CC(O)(C3)C1)C2.CCC(C)(C)C(=O)OCC(=O)OC1C2CC3C(=O)OC1C3C2.CCC(C)(C)C(=O)OCC(=O)OC1C2CC3C(=O)OC1C3C2.CCC(C)(C)C(=O)OCC(=O)OC1C2CC3C1OC(=O)C3(C#N)C2.CCC(C)(C)C(=O)OCC(=O)OC1CCOC1=O.CCC1(OC(=O)C(C)(C)CC)CCCC1. The van der Waals surface area contributed by atoms with E-state index < -0.39 is 141 Å². The molecule has 798 valence electrons. The van der Waals surface area contributed by atoms with E-state index >= 15 is 0 Å². The van der Waals surface area contributed by atoms with E-state index in [1.807, 2.05) is 83.1 Å². The van der Waals surface area contributed by atoms with Gasteiger partial charge in [0.05, 0.1) is 73.6 Å². The molecular formula is C109H165NO32. The van der Waals surface area contributed by atoms with E-state index in [-0.39, 0.29) is 155 Å². The largest absolute Gasteiger partial charge is 0.463 e. The number of ether oxygens (including phenoxy) is 15. The Bertz CT molecular complexity index is 4560. The van der Waals surface area contributed by atoms with Crippen LogP contribution in [-0.4, -0.2) is 204 Å². The summed E-state index contributed by atoms with van der Waals surface area (Å²) in [4.78, 5) is 178. The van der Waals surface area contributed by atoms with Crippen LogP contribution in [0, 0.1) is 131 Å². The predicted octanol–water partition coefficient (Wildman–Crippen LogP) is 15.9. The number of carbonyl (C=O) groups excluding carboxylic acids is 15. The number of hydrogen-bond acceptors (Lipinski definition) is 33. The van der Waals surface area contributed by atoms with Crippen LogP contribution in [0.4, 0.5) is 0 Å². The Morgan fingerprint density at radius 2 is 0.761 bits per heavy atom. The number of esters is 15. The van der Waals surface area contributed by atoms with E-state index in [9.17, 15) is 87.4 Å². The molecule has 0 aromatic rings. The first-order chi connectivity index (χ1) is 66.0. The molecule has 15 aliphatic carbocycles. The van der Waals surface area contributed by atoms with Crippen LogP contribution in [0.25, 0.3) is 0 Å². The minimum Gasteiger partial charge on any atom is -0.463 e. The quantitative estimate of drug-likeness (QED) is 0.0481. The molecule has 14 bridgehead atoms. The van der Waals surface area contributed by atoms with Crippen LogP contribution in [0.2, 0.25) is 0 Å². The number of fused-ring (bicyclic) bond motifs is 3. The smallest absolute Gasteiger partial charge is 0.347 e. The molecule has 19 fully saturated rings. The van der Waals surface area contributed by atoms with E-state index in [1.165, 1.54) is 51.4 Å². The molecule has 0 aromatic heterocycles. The summed E-state index contributed by atoms with van der Waals surface area (Å²) >= 11 is 0. The van der Waals surface area contributed by atoms with Crippen LogP contribution in [0.15, 0.2) is 0 Å². The molecule has 0 radical (unpaired) electrons. The molecular weight excluding hydrogens is 1840 g/mol. The minimum absolute atomic E-state index is 0.00636. The van der Waals surface area contributed by atoms with Crippen molar-refractivity contribution in [1.82, 2.24) is 0 Å². The number of aliphatic hydroxyl groups is 2. The van der Waals surface area contributed by atoms with Gasteiger partial charge < -0.3 is 81.3 Å². The first kappa shape index (κ1) is 114. The van der Waals surface area contributed by atoms with Crippen LogP contribution in [0.5, 0.6) is 0 Å². The van der Waals surface area contributed by atoms with Gasteiger partial charge in [-0.25, -0.2) is 24.0 Å². The van der Waals surface area contributed by atoms with E-state index in [0.29, 0.717) is 64.2 Å². The molecule has 4 heterocycles. The van der Waals surface area contributed by atoms with Gasteiger partial charge in [-0.3, -0.25) is 47.9 Å². The van der Waals surface area contributed by atoms with Crippen LogP contribution >= 0.6 is 0 Å². The first-order valence-corrected chi connectivity index (χ1v) is 52.8. The zero-order valence-corrected chi connectivity index (χ0v) is 89.0. The maximum Gasteiger partial charge on any atom is 0.347 e. The van der Waals surface area contributed by atoms with E-state index in [2.05, 4.69) is 38.5 Å². The molecule has 0 aromatic carbocycles. The second kappa shape index (κ2) is 43.5. The summed E-state index contributed by atoms with van der Waals surface area (Å²) in [6, 6.07) is 2.10. The highest BCUT2D eigenvalue weighted by atomic mass is 16.7. The third-order valence-corrected chi connectivity index (χ3v) is 36.3. The third kappa shape index (κ3) is 24.8. The van der Waals surface area contributed by atoms with Gasteiger partial charge in [0.1, 0.15) is 53.4 Å². The summed E-state index contributed by atoms with van der Waals surface area (Å²) in [5, 5.41) is 30.6. The van der Waals surface area contributed by atoms with Gasteiger partial charge in [-0.2, -0.15) is 5.26 Å². The van der Waals surface area contributed by atoms with Crippen molar-refractivity contribution in [2.75, 3.05) is 33.0 Å². The van der Waals surface area contributed by atoms with Crippen LogP contribution < -0.4 is 0 Å². The van der Waals surface area contributed by atoms with Crippen molar-refractivity contribution < 1.29 is 153 Å². The molecule has 33 heteroatoms. The summed E-state index contributed by atoms with van der Waals surface area (Å²) in [5.41, 5.74) is -7.29. The number of nitriles is 1. The Labute approximate surface area is 838 Å². The van der Waals surface area contributed by atoms with Gasteiger partial charge >= 0.3 is 89.5 Å². The zero-order valence-electron chi connectivity index (χ0n) is 89.0. The summed E-state index contributed by atoms with van der Waals surface area (Å²) in [6.07, 6.45) is 23.4. The molecule has 18 unspecified atom stereocenters. The van der Waals surface area contributed by atoms with Crippen molar-refractivity contribution in [2.45, 2.75) is 436 Å². The second-order valence-electron chi connectivity index (χ2n) is 49.6. The van der Waals surface area contributed by atoms with Gasteiger partial charge in [0, 0.05) is 66.6 Å². The van der Waals surface area contributed by atoms with E-state index in [1.54, 1.807) is 55.4 Å². The monoisotopic (exact) mass is 2000 g/mol. The molecule has 142 heavy (non-hydrogen) atoms. The van der Waals surface area contributed by atoms with Gasteiger partial charge in [-0.05, 0) is 308 Å². The van der Waals surface area contributed by atoms with Crippen LogP contribution in [-0.2, 0) is 143 Å². The Balaban J connectivity index is 0.000000159. The number of carbonyl (C=O) groups is 15. The average Bonchev–Trinajstić information content (AvgIpc) is 1.44. The van der Waals surface area contributed by atoms with Gasteiger partial charge in [0.2, 0.25) is 6.10 Å². The van der Waals surface area contributed by atoms with Gasteiger partial charge in [0.25, 0.3) is 0 Å². The van der Waals surface area contributed by atoms with E-state index in [0.717, 1.165) is 101 Å². The molecule has 19 aliphatic rings. The lowest BCUT2D eigenvalue weighted by Crippen LogP contribution is -2.67. The molecule has 4 aliphatic heterocycles. The fourth-order valence-corrected chi connectivity index (χ4v) is 24.9. The minimum atomic E-state index is -1.06. The molecule has 33 nitrogen and oxygen atoms in total. The second-order valence-corrected chi connectivity index (χ2v) is 49.6.